The first-order valence-electron chi connectivity index (χ1n) is 8.67. The zero-order valence-corrected chi connectivity index (χ0v) is 13.6. The highest BCUT2D eigenvalue weighted by Crippen LogP contribution is 2.21. The lowest BCUT2D eigenvalue weighted by Gasteiger charge is -2.33. The van der Waals surface area contributed by atoms with Gasteiger partial charge in [0, 0.05) is 31.0 Å². The third kappa shape index (κ3) is 4.72. The first kappa shape index (κ1) is 16.3. The predicted molar refractivity (Wildman–Crippen MR) is 83.8 cm³/mol. The molecule has 2 fully saturated rings. The van der Waals surface area contributed by atoms with E-state index in [0.717, 1.165) is 38.8 Å². The molecule has 1 saturated heterocycles. The van der Waals surface area contributed by atoms with Crippen LogP contribution in [0.5, 0.6) is 0 Å². The summed E-state index contributed by atoms with van der Waals surface area (Å²) in [6.07, 6.45) is 9.00. The number of amides is 2. The van der Waals surface area contributed by atoms with Crippen LogP contribution in [0.25, 0.3) is 0 Å². The Hall–Kier alpha value is -1.06. The summed E-state index contributed by atoms with van der Waals surface area (Å²) in [6, 6.07) is 0.385. The van der Waals surface area contributed by atoms with E-state index in [4.69, 9.17) is 0 Å². The van der Waals surface area contributed by atoms with E-state index in [1.54, 1.807) is 0 Å². The second-order valence-electron chi connectivity index (χ2n) is 6.95. The summed E-state index contributed by atoms with van der Waals surface area (Å²) >= 11 is 0. The lowest BCUT2D eigenvalue weighted by Crippen LogP contribution is -2.46. The number of rotatable bonds is 3. The van der Waals surface area contributed by atoms with Gasteiger partial charge in [0.2, 0.25) is 11.8 Å². The Morgan fingerprint density at radius 1 is 0.952 bits per heavy atom. The van der Waals surface area contributed by atoms with E-state index < -0.39 is 0 Å². The molecule has 120 valence electrons. The molecule has 0 atom stereocenters. The highest BCUT2D eigenvalue weighted by Gasteiger charge is 2.29. The molecule has 0 aromatic heterocycles. The molecule has 1 heterocycles. The largest absolute Gasteiger partial charge is 0.353 e. The number of nitrogens with zero attached hydrogens (tertiary/aromatic N) is 1. The first-order chi connectivity index (χ1) is 10.1. The van der Waals surface area contributed by atoms with Gasteiger partial charge in [0.15, 0.2) is 0 Å². The van der Waals surface area contributed by atoms with Gasteiger partial charge in [0.25, 0.3) is 0 Å². The Bertz CT molecular complexity index is 352. The van der Waals surface area contributed by atoms with Crippen molar-refractivity contribution in [3.05, 3.63) is 0 Å². The van der Waals surface area contributed by atoms with E-state index in [9.17, 15) is 9.59 Å². The van der Waals surface area contributed by atoms with Gasteiger partial charge in [-0.2, -0.15) is 0 Å². The van der Waals surface area contributed by atoms with E-state index in [0.29, 0.717) is 6.04 Å². The van der Waals surface area contributed by atoms with E-state index in [-0.39, 0.29) is 23.7 Å². The van der Waals surface area contributed by atoms with Crippen LogP contribution in [0.4, 0.5) is 0 Å². The normalized spacial score (nSPS) is 22.1. The molecule has 0 bridgehead atoms. The van der Waals surface area contributed by atoms with Crippen molar-refractivity contribution < 1.29 is 9.59 Å². The number of carbonyl (C=O) groups is 2. The maximum Gasteiger partial charge on any atom is 0.225 e. The van der Waals surface area contributed by atoms with Gasteiger partial charge in [-0.3, -0.25) is 9.59 Å². The summed E-state index contributed by atoms with van der Waals surface area (Å²) in [6.45, 7) is 5.35. The topological polar surface area (TPSA) is 49.4 Å². The quantitative estimate of drug-likeness (QED) is 0.814. The average Bonchev–Trinajstić information content (AvgIpc) is 2.75. The maximum absolute atomic E-state index is 12.4. The molecule has 2 amide bonds. The SMILES string of the molecule is CC(C)C(=O)N1CCC(C(=O)NC2CCCCCC2)CC1. The number of nitrogens with one attached hydrogen (secondary N) is 1. The number of piperidine rings is 1. The van der Waals surface area contributed by atoms with Crippen LogP contribution in [0.3, 0.4) is 0 Å². The summed E-state index contributed by atoms with van der Waals surface area (Å²) in [4.78, 5) is 26.2. The van der Waals surface area contributed by atoms with Crippen LogP contribution in [0.1, 0.15) is 65.2 Å². The van der Waals surface area contributed by atoms with Crippen LogP contribution in [-0.4, -0.2) is 35.8 Å². The van der Waals surface area contributed by atoms with Crippen molar-refractivity contribution >= 4 is 11.8 Å². The summed E-state index contributed by atoms with van der Waals surface area (Å²) in [5.41, 5.74) is 0. The van der Waals surface area contributed by atoms with Crippen LogP contribution in [-0.2, 0) is 9.59 Å². The predicted octanol–water partition coefficient (Wildman–Crippen LogP) is 2.72. The lowest BCUT2D eigenvalue weighted by atomic mass is 9.94. The van der Waals surface area contributed by atoms with Crippen molar-refractivity contribution in [3.8, 4) is 0 Å². The lowest BCUT2D eigenvalue weighted by molar-refractivity contribution is -0.138. The molecule has 21 heavy (non-hydrogen) atoms. The van der Waals surface area contributed by atoms with Crippen LogP contribution >= 0.6 is 0 Å². The molecule has 0 unspecified atom stereocenters. The maximum atomic E-state index is 12.4. The van der Waals surface area contributed by atoms with Crippen molar-refractivity contribution in [1.82, 2.24) is 10.2 Å². The molecular formula is C17H30N2O2. The van der Waals surface area contributed by atoms with Crippen molar-refractivity contribution in [2.75, 3.05) is 13.1 Å². The fourth-order valence-electron chi connectivity index (χ4n) is 3.47. The van der Waals surface area contributed by atoms with E-state index in [1.807, 2.05) is 18.7 Å². The molecule has 1 aliphatic carbocycles. The van der Waals surface area contributed by atoms with Crippen LogP contribution < -0.4 is 5.32 Å². The highest BCUT2D eigenvalue weighted by atomic mass is 16.2. The van der Waals surface area contributed by atoms with Crippen molar-refractivity contribution in [3.63, 3.8) is 0 Å². The minimum atomic E-state index is 0.0568. The second kappa shape index (κ2) is 7.81. The third-order valence-electron chi connectivity index (χ3n) is 4.87. The van der Waals surface area contributed by atoms with Gasteiger partial charge in [-0.1, -0.05) is 39.5 Å². The van der Waals surface area contributed by atoms with E-state index in [2.05, 4.69) is 5.32 Å². The molecule has 4 heteroatoms. The van der Waals surface area contributed by atoms with Gasteiger partial charge in [-0.05, 0) is 25.7 Å². The number of hydrogen-bond acceptors (Lipinski definition) is 2. The van der Waals surface area contributed by atoms with Crippen molar-refractivity contribution in [1.29, 1.82) is 0 Å². The summed E-state index contributed by atoms with van der Waals surface area (Å²) in [5, 5.41) is 3.25. The Balaban J connectivity index is 1.76. The Kier molecular flexibility index (Phi) is 6.07. The van der Waals surface area contributed by atoms with Gasteiger partial charge in [0.1, 0.15) is 0 Å². The molecule has 1 saturated carbocycles. The van der Waals surface area contributed by atoms with Gasteiger partial charge in [-0.25, -0.2) is 0 Å². The first-order valence-corrected chi connectivity index (χ1v) is 8.67. The van der Waals surface area contributed by atoms with Crippen LogP contribution in [0.2, 0.25) is 0 Å². The van der Waals surface area contributed by atoms with Gasteiger partial charge >= 0.3 is 0 Å². The molecule has 0 aromatic carbocycles. The van der Waals surface area contributed by atoms with Crippen LogP contribution in [0, 0.1) is 11.8 Å². The monoisotopic (exact) mass is 294 g/mol. The fourth-order valence-corrected chi connectivity index (χ4v) is 3.47. The fraction of sp³-hybridized carbons (Fsp3) is 0.882. The molecule has 0 radical (unpaired) electrons. The van der Waals surface area contributed by atoms with E-state index >= 15 is 0 Å². The Morgan fingerprint density at radius 2 is 1.52 bits per heavy atom. The standard InChI is InChI=1S/C17H30N2O2/c1-13(2)17(21)19-11-9-14(10-12-19)16(20)18-15-7-5-3-4-6-8-15/h13-15H,3-12H2,1-2H3,(H,18,20). The molecule has 0 spiro atoms. The Morgan fingerprint density at radius 3 is 2.05 bits per heavy atom. The second-order valence-corrected chi connectivity index (χ2v) is 6.95. The van der Waals surface area contributed by atoms with Crippen molar-refractivity contribution in [2.24, 2.45) is 11.8 Å². The van der Waals surface area contributed by atoms with Gasteiger partial charge < -0.3 is 10.2 Å². The average molecular weight is 294 g/mol. The minimum absolute atomic E-state index is 0.0568. The molecule has 2 aliphatic rings. The number of hydrogen-bond donors (Lipinski definition) is 1. The number of likely N-dealkylation sites (tertiary alicyclic amines) is 1. The zero-order valence-electron chi connectivity index (χ0n) is 13.6. The smallest absolute Gasteiger partial charge is 0.225 e. The third-order valence-corrected chi connectivity index (χ3v) is 4.87. The summed E-state index contributed by atoms with van der Waals surface area (Å²) in [7, 11) is 0. The molecule has 1 aliphatic heterocycles. The Labute approximate surface area is 128 Å². The zero-order chi connectivity index (χ0) is 15.2. The minimum Gasteiger partial charge on any atom is -0.353 e. The van der Waals surface area contributed by atoms with Gasteiger partial charge in [0.05, 0.1) is 0 Å². The molecule has 2 rings (SSSR count). The van der Waals surface area contributed by atoms with E-state index in [1.165, 1.54) is 25.7 Å². The molecule has 4 nitrogen and oxygen atoms in total. The van der Waals surface area contributed by atoms with Gasteiger partial charge in [-0.15, -0.1) is 0 Å². The summed E-state index contributed by atoms with van der Waals surface area (Å²) < 4.78 is 0. The molecular weight excluding hydrogens is 264 g/mol. The number of carbonyl (C=O) groups excluding carboxylic acids is 2. The highest BCUT2D eigenvalue weighted by molar-refractivity contribution is 5.81. The molecule has 1 N–H and O–H groups in total. The summed E-state index contributed by atoms with van der Waals surface area (Å²) in [5.74, 6) is 0.599. The van der Waals surface area contributed by atoms with Crippen LogP contribution in [0.15, 0.2) is 0 Å². The molecule has 0 aromatic rings. The van der Waals surface area contributed by atoms with Crippen molar-refractivity contribution in [2.45, 2.75) is 71.3 Å².